The van der Waals surface area contributed by atoms with Gasteiger partial charge in [-0.05, 0) is 36.4 Å². The molecule has 0 saturated carbocycles. The van der Waals surface area contributed by atoms with E-state index in [-0.39, 0.29) is 5.91 Å². The number of carbonyl (C=O) groups is 1. The molecule has 6 heteroatoms. The number of benzene rings is 2. The molecular formula is C19H16ClN3OS. The Balaban J connectivity index is 1.68. The minimum absolute atomic E-state index is 0.00770. The molecule has 25 heavy (non-hydrogen) atoms. The summed E-state index contributed by atoms with van der Waals surface area (Å²) >= 11 is 7.59. The molecule has 2 aromatic carbocycles. The molecule has 0 radical (unpaired) electrons. The number of imidazole rings is 1. The zero-order chi connectivity index (χ0) is 17.4. The van der Waals surface area contributed by atoms with Crippen LogP contribution in [0.3, 0.4) is 0 Å². The number of nitrogens with zero attached hydrogens (tertiary/aromatic N) is 3. The number of hydrogen-bond acceptors (Lipinski definition) is 3. The van der Waals surface area contributed by atoms with Crippen LogP contribution in [0.25, 0.3) is 17.1 Å². The van der Waals surface area contributed by atoms with Crippen molar-refractivity contribution in [2.75, 3.05) is 12.3 Å². The summed E-state index contributed by atoms with van der Waals surface area (Å²) in [5, 5.41) is 1.56. The van der Waals surface area contributed by atoms with Gasteiger partial charge >= 0.3 is 0 Å². The van der Waals surface area contributed by atoms with Gasteiger partial charge in [0.05, 0.1) is 16.1 Å². The van der Waals surface area contributed by atoms with Crippen LogP contribution in [0, 0.1) is 0 Å². The van der Waals surface area contributed by atoms with Crippen molar-refractivity contribution in [3.05, 3.63) is 70.0 Å². The van der Waals surface area contributed by atoms with Crippen molar-refractivity contribution in [2.24, 2.45) is 7.05 Å². The van der Waals surface area contributed by atoms with Crippen LogP contribution in [0.4, 0.5) is 0 Å². The Labute approximate surface area is 155 Å². The number of hydrogen-bond donors (Lipinski definition) is 0. The molecule has 126 valence electrons. The smallest absolute Gasteiger partial charge is 0.258 e. The lowest BCUT2D eigenvalue weighted by molar-refractivity contribution is 0.0831. The lowest BCUT2D eigenvalue weighted by Crippen LogP contribution is -2.26. The van der Waals surface area contributed by atoms with Gasteiger partial charge in [0.1, 0.15) is 5.82 Å². The second-order valence-corrected chi connectivity index (χ2v) is 7.36. The highest BCUT2D eigenvalue weighted by atomic mass is 35.5. The number of carbonyl (C=O) groups excluding carboxylic acids is 1. The molecular weight excluding hydrogens is 354 g/mol. The number of fused-ring (bicyclic) bond motifs is 1. The van der Waals surface area contributed by atoms with Gasteiger partial charge in [0.25, 0.3) is 5.91 Å². The highest BCUT2D eigenvalue weighted by Crippen LogP contribution is 2.31. The molecule has 1 aliphatic heterocycles. The van der Waals surface area contributed by atoms with E-state index in [2.05, 4.69) is 4.98 Å². The average Bonchev–Trinajstić information content (AvgIpc) is 3.21. The Bertz CT molecular complexity index is 978. The molecule has 1 aromatic heterocycles. The quantitative estimate of drug-likeness (QED) is 0.671. The lowest BCUT2D eigenvalue weighted by atomic mass is 10.2. The first-order valence-electron chi connectivity index (χ1n) is 7.97. The standard InChI is InChI=1S/C19H16ClN3OS/c1-22-16-5-3-2-4-15(16)21-17(22)12-18-23(10-11-25-18)19(24)13-6-8-14(20)9-7-13/h2-9,12H,10-11H2,1H3/b18-12+. The molecule has 0 bridgehead atoms. The fourth-order valence-corrected chi connectivity index (χ4v) is 4.03. The summed E-state index contributed by atoms with van der Waals surface area (Å²) in [5.41, 5.74) is 2.67. The highest BCUT2D eigenvalue weighted by molar-refractivity contribution is 8.03. The van der Waals surface area contributed by atoms with Gasteiger partial charge in [-0.2, -0.15) is 0 Å². The van der Waals surface area contributed by atoms with Gasteiger partial charge in [0, 0.05) is 36.0 Å². The summed E-state index contributed by atoms with van der Waals surface area (Å²) < 4.78 is 2.05. The Hall–Kier alpha value is -2.24. The zero-order valence-electron chi connectivity index (χ0n) is 13.6. The van der Waals surface area contributed by atoms with E-state index in [0.717, 1.165) is 27.6 Å². The summed E-state index contributed by atoms with van der Waals surface area (Å²) in [7, 11) is 1.99. The van der Waals surface area contributed by atoms with Gasteiger partial charge < -0.3 is 9.47 Å². The molecule has 1 saturated heterocycles. The van der Waals surface area contributed by atoms with E-state index in [9.17, 15) is 4.79 Å². The largest absolute Gasteiger partial charge is 0.328 e. The lowest BCUT2D eigenvalue weighted by Gasteiger charge is -2.17. The van der Waals surface area contributed by atoms with Crippen LogP contribution < -0.4 is 0 Å². The van der Waals surface area contributed by atoms with E-state index in [0.29, 0.717) is 17.1 Å². The molecule has 2 heterocycles. The van der Waals surface area contributed by atoms with Gasteiger partial charge in [-0.15, -0.1) is 11.8 Å². The maximum atomic E-state index is 12.8. The molecule has 1 aliphatic rings. The van der Waals surface area contributed by atoms with E-state index >= 15 is 0 Å². The topological polar surface area (TPSA) is 38.1 Å². The summed E-state index contributed by atoms with van der Waals surface area (Å²) in [4.78, 5) is 19.3. The number of aryl methyl sites for hydroxylation is 1. The number of rotatable bonds is 2. The van der Waals surface area contributed by atoms with E-state index in [1.807, 2.05) is 46.9 Å². The van der Waals surface area contributed by atoms with E-state index in [1.165, 1.54) is 0 Å². The highest BCUT2D eigenvalue weighted by Gasteiger charge is 2.25. The second kappa shape index (κ2) is 6.58. The zero-order valence-corrected chi connectivity index (χ0v) is 15.2. The summed E-state index contributed by atoms with van der Waals surface area (Å²) in [6.45, 7) is 0.696. The summed E-state index contributed by atoms with van der Waals surface area (Å²) in [6.07, 6.45) is 1.99. The van der Waals surface area contributed by atoms with Crippen LogP contribution in [-0.2, 0) is 7.05 Å². The van der Waals surface area contributed by atoms with Crippen LogP contribution in [0.15, 0.2) is 53.6 Å². The molecule has 0 unspecified atom stereocenters. The average molecular weight is 370 g/mol. The third-order valence-corrected chi connectivity index (χ3v) is 5.51. The van der Waals surface area contributed by atoms with Crippen molar-refractivity contribution in [1.82, 2.24) is 14.5 Å². The number of aromatic nitrogens is 2. The first-order valence-corrected chi connectivity index (χ1v) is 9.33. The van der Waals surface area contributed by atoms with Crippen LogP contribution in [0.2, 0.25) is 5.02 Å². The van der Waals surface area contributed by atoms with Crippen molar-refractivity contribution in [3.8, 4) is 0 Å². The van der Waals surface area contributed by atoms with Gasteiger partial charge in [0.2, 0.25) is 0 Å². The maximum absolute atomic E-state index is 12.8. The molecule has 3 aromatic rings. The van der Waals surface area contributed by atoms with E-state index in [4.69, 9.17) is 11.6 Å². The van der Waals surface area contributed by atoms with Crippen molar-refractivity contribution >= 4 is 46.4 Å². The molecule has 1 fully saturated rings. The van der Waals surface area contributed by atoms with Crippen LogP contribution >= 0.6 is 23.4 Å². The first-order chi connectivity index (χ1) is 12.1. The summed E-state index contributed by atoms with van der Waals surface area (Å²) in [5.74, 6) is 1.72. The Morgan fingerprint density at radius 2 is 1.96 bits per heavy atom. The third-order valence-electron chi connectivity index (χ3n) is 4.24. The van der Waals surface area contributed by atoms with Gasteiger partial charge in [-0.1, -0.05) is 23.7 Å². The SMILES string of the molecule is Cn1c(/C=C2/SCCN2C(=O)c2ccc(Cl)cc2)nc2ccccc21. The molecule has 4 rings (SSSR count). The molecule has 4 nitrogen and oxygen atoms in total. The summed E-state index contributed by atoms with van der Waals surface area (Å²) in [6, 6.07) is 15.0. The molecule has 0 aliphatic carbocycles. The maximum Gasteiger partial charge on any atom is 0.258 e. The first kappa shape index (κ1) is 16.2. The number of para-hydroxylation sites is 2. The minimum Gasteiger partial charge on any atom is -0.328 e. The van der Waals surface area contributed by atoms with E-state index in [1.54, 1.807) is 36.0 Å². The third kappa shape index (κ3) is 3.05. The number of amides is 1. The Morgan fingerprint density at radius 1 is 1.20 bits per heavy atom. The van der Waals surface area contributed by atoms with Gasteiger partial charge in [-0.25, -0.2) is 4.98 Å². The van der Waals surface area contributed by atoms with E-state index < -0.39 is 0 Å². The minimum atomic E-state index is -0.00770. The fourth-order valence-electron chi connectivity index (χ4n) is 2.90. The van der Waals surface area contributed by atoms with Crippen LogP contribution in [-0.4, -0.2) is 32.7 Å². The van der Waals surface area contributed by atoms with Crippen molar-refractivity contribution in [2.45, 2.75) is 0 Å². The monoisotopic (exact) mass is 369 g/mol. The Morgan fingerprint density at radius 3 is 2.72 bits per heavy atom. The van der Waals surface area contributed by atoms with Gasteiger partial charge in [-0.3, -0.25) is 4.79 Å². The normalized spacial score (nSPS) is 16.1. The van der Waals surface area contributed by atoms with Crippen LogP contribution in [0.1, 0.15) is 16.2 Å². The predicted molar refractivity (Wildman–Crippen MR) is 104 cm³/mol. The van der Waals surface area contributed by atoms with Crippen molar-refractivity contribution < 1.29 is 4.79 Å². The predicted octanol–water partition coefficient (Wildman–Crippen LogP) is 4.41. The molecule has 1 amide bonds. The fraction of sp³-hybridized carbons (Fsp3) is 0.158. The number of thioether (sulfide) groups is 1. The Kier molecular flexibility index (Phi) is 4.27. The molecule has 0 spiro atoms. The molecule has 0 atom stereocenters. The van der Waals surface area contributed by atoms with Crippen molar-refractivity contribution in [3.63, 3.8) is 0 Å². The van der Waals surface area contributed by atoms with Crippen molar-refractivity contribution in [1.29, 1.82) is 0 Å². The molecule has 0 N–H and O–H groups in total. The second-order valence-electron chi connectivity index (χ2n) is 5.81. The van der Waals surface area contributed by atoms with Gasteiger partial charge in [0.15, 0.2) is 0 Å². The number of halogens is 1. The van der Waals surface area contributed by atoms with Crippen LogP contribution in [0.5, 0.6) is 0 Å².